The van der Waals surface area contributed by atoms with Crippen molar-refractivity contribution < 1.29 is 39.2 Å². The lowest BCUT2D eigenvalue weighted by Gasteiger charge is -2.53. The molecule has 11 heteroatoms. The molecule has 6 atom stereocenters. The van der Waals surface area contributed by atoms with Crippen molar-refractivity contribution in [1.29, 1.82) is 0 Å². The number of aromatic hydroxyl groups is 1. The molecule has 0 radical (unpaired) electrons. The number of aliphatic hydroxyl groups is 3. The van der Waals surface area contributed by atoms with Crippen molar-refractivity contribution in [3.63, 3.8) is 0 Å². The number of rotatable bonds is 6. The molecule has 3 fully saturated rings. The summed E-state index contributed by atoms with van der Waals surface area (Å²) in [5, 5.41) is 48.3. The molecule has 0 bridgehead atoms. The lowest BCUT2D eigenvalue weighted by atomic mass is 9.54. The first-order valence-corrected chi connectivity index (χ1v) is 13.5. The van der Waals surface area contributed by atoms with Gasteiger partial charge < -0.3 is 40.8 Å². The number of ketones is 2. The second-order valence-corrected chi connectivity index (χ2v) is 11.7. The number of amides is 1. The molecule has 1 aromatic heterocycles. The quantitative estimate of drug-likeness (QED) is 0.278. The molecular formula is C29H33N3O8. The van der Waals surface area contributed by atoms with E-state index in [0.717, 1.165) is 18.6 Å². The molecule has 212 valence electrons. The minimum absolute atomic E-state index is 0.0344. The van der Waals surface area contributed by atoms with Gasteiger partial charge in [-0.1, -0.05) is 0 Å². The summed E-state index contributed by atoms with van der Waals surface area (Å²) >= 11 is 0. The monoisotopic (exact) mass is 551 g/mol. The van der Waals surface area contributed by atoms with Crippen molar-refractivity contribution in [2.45, 2.75) is 56.0 Å². The summed E-state index contributed by atoms with van der Waals surface area (Å²) in [4.78, 5) is 41.1. The summed E-state index contributed by atoms with van der Waals surface area (Å²) in [5.41, 5.74) is 3.81. The van der Waals surface area contributed by atoms with Gasteiger partial charge in [-0.25, -0.2) is 0 Å². The van der Waals surface area contributed by atoms with Gasteiger partial charge in [0.05, 0.1) is 18.2 Å². The molecule has 11 nitrogen and oxygen atoms in total. The Morgan fingerprint density at radius 1 is 1.18 bits per heavy atom. The molecule has 1 aromatic carbocycles. The molecule has 1 heterocycles. The van der Waals surface area contributed by atoms with Gasteiger partial charge in [-0.15, -0.1) is 0 Å². The van der Waals surface area contributed by atoms with E-state index in [9.17, 15) is 34.8 Å². The molecule has 4 aliphatic carbocycles. The fourth-order valence-electron chi connectivity index (χ4n) is 6.99. The molecule has 3 saturated carbocycles. The molecule has 0 aliphatic heterocycles. The van der Waals surface area contributed by atoms with Crippen LogP contribution in [0.4, 0.5) is 0 Å². The molecule has 0 spiro atoms. The molecule has 40 heavy (non-hydrogen) atoms. The minimum atomic E-state index is -2.68. The number of aliphatic hydroxyl groups excluding tert-OH is 2. The Kier molecular flexibility index (Phi) is 6.19. The number of hydrogen-bond acceptors (Lipinski definition) is 10. The summed E-state index contributed by atoms with van der Waals surface area (Å²) in [6.07, 6.45) is 1.02. The van der Waals surface area contributed by atoms with E-state index in [4.69, 9.17) is 10.2 Å². The number of phenols is 1. The number of phenolic OH excluding ortho intramolecular Hbond substituents is 1. The topological polar surface area (TPSA) is 187 Å². The lowest BCUT2D eigenvalue weighted by Crippen LogP contribution is -2.73. The average Bonchev–Trinajstić information content (AvgIpc) is 3.60. The number of carbonyl (C=O) groups excluding carboxylic acids is 3. The molecule has 2 aromatic rings. The van der Waals surface area contributed by atoms with Crippen LogP contribution in [0.1, 0.15) is 36.1 Å². The number of furan rings is 1. The summed E-state index contributed by atoms with van der Waals surface area (Å²) in [6, 6.07) is 6.34. The molecule has 1 amide bonds. The van der Waals surface area contributed by atoms with Crippen LogP contribution in [-0.2, 0) is 27.3 Å². The predicted octanol–water partition coefficient (Wildman–Crippen LogP) is 0.641. The van der Waals surface area contributed by atoms with Crippen LogP contribution in [0.15, 0.2) is 34.3 Å². The van der Waals surface area contributed by atoms with E-state index >= 15 is 0 Å². The van der Waals surface area contributed by atoms with E-state index in [0.29, 0.717) is 29.5 Å². The average molecular weight is 552 g/mol. The van der Waals surface area contributed by atoms with Crippen molar-refractivity contribution in [2.75, 3.05) is 14.1 Å². The van der Waals surface area contributed by atoms with Crippen LogP contribution in [0.5, 0.6) is 5.75 Å². The van der Waals surface area contributed by atoms with Crippen molar-refractivity contribution in [2.24, 2.45) is 23.5 Å². The predicted molar refractivity (Wildman–Crippen MR) is 142 cm³/mol. The fraction of sp³-hybridized carbons (Fsp3) is 0.483. The Hall–Kier alpha value is -3.51. The summed E-state index contributed by atoms with van der Waals surface area (Å²) in [7, 11) is 3.24. The van der Waals surface area contributed by atoms with Crippen LogP contribution in [-0.4, -0.2) is 80.7 Å². The largest absolute Gasteiger partial charge is 0.507 e. The van der Waals surface area contributed by atoms with Crippen LogP contribution in [0.3, 0.4) is 0 Å². The Balaban J connectivity index is 1.44. The summed E-state index contributed by atoms with van der Waals surface area (Å²) < 4.78 is 6.08. The minimum Gasteiger partial charge on any atom is -0.507 e. The Morgan fingerprint density at radius 3 is 2.55 bits per heavy atom. The molecule has 4 aliphatic rings. The Morgan fingerprint density at radius 2 is 1.90 bits per heavy atom. The maximum Gasteiger partial charge on any atom is 0.230 e. The number of benzene rings is 1. The zero-order valence-corrected chi connectivity index (χ0v) is 22.3. The van der Waals surface area contributed by atoms with E-state index in [1.165, 1.54) is 6.07 Å². The first-order chi connectivity index (χ1) is 18.9. The maximum atomic E-state index is 13.9. The van der Waals surface area contributed by atoms with E-state index in [2.05, 4.69) is 5.32 Å². The highest BCUT2D eigenvalue weighted by atomic mass is 16.3. The van der Waals surface area contributed by atoms with Crippen LogP contribution >= 0.6 is 0 Å². The van der Waals surface area contributed by atoms with Crippen molar-refractivity contribution >= 4 is 23.2 Å². The summed E-state index contributed by atoms with van der Waals surface area (Å²) in [6.45, 7) is 0.576. The maximum absolute atomic E-state index is 13.9. The standard InChI is InChI=1S/C29H33N3O8/c1-32(2)23-17-10-12-9-16-15(19-8-5-14(40-19)11-31-13-3-4-13)6-7-18(33)21(16)24(34)20(12)26(36)29(17,39)27(37)22(25(23)35)28(30)38/h5-8,12-13,17,22-23,25,31,33-35,39H,3-4,9-11H2,1-2H3,(H2,30,38)/t12-,17-,22?,23-,25?,29-/m1/s1. The van der Waals surface area contributed by atoms with E-state index < -0.39 is 58.7 Å². The zero-order valence-electron chi connectivity index (χ0n) is 22.3. The normalized spacial score (nSPS) is 31.7. The molecule has 0 saturated heterocycles. The number of nitrogens with zero attached hydrogens (tertiary/aromatic N) is 1. The second-order valence-electron chi connectivity index (χ2n) is 11.7. The number of primary amides is 1. The molecule has 6 rings (SSSR count). The number of nitrogens with two attached hydrogens (primary N) is 1. The van der Waals surface area contributed by atoms with E-state index in [1.54, 1.807) is 25.1 Å². The lowest BCUT2D eigenvalue weighted by molar-refractivity contribution is -0.184. The van der Waals surface area contributed by atoms with Gasteiger partial charge in [-0.3, -0.25) is 14.4 Å². The van der Waals surface area contributed by atoms with Gasteiger partial charge in [0.15, 0.2) is 11.4 Å². The third-order valence-electron chi connectivity index (χ3n) is 9.04. The third-order valence-corrected chi connectivity index (χ3v) is 9.04. The van der Waals surface area contributed by atoms with Crippen LogP contribution in [0.25, 0.3) is 17.1 Å². The van der Waals surface area contributed by atoms with Crippen LogP contribution in [0, 0.1) is 17.8 Å². The van der Waals surface area contributed by atoms with Gasteiger partial charge in [0, 0.05) is 29.1 Å². The first-order valence-electron chi connectivity index (χ1n) is 13.5. The number of fused-ring (bicyclic) bond motifs is 3. The highest BCUT2D eigenvalue weighted by Gasteiger charge is 2.67. The number of Topliss-reactive ketones (excluding diaryl/α,β-unsaturated/α-hetero) is 2. The number of likely N-dealkylation sites (N-methyl/N-ethyl adjacent to an activating group) is 1. The Bertz CT molecular complexity index is 1460. The molecule has 2 unspecified atom stereocenters. The van der Waals surface area contributed by atoms with Crippen molar-refractivity contribution in [1.82, 2.24) is 10.2 Å². The second kappa shape index (κ2) is 9.27. The van der Waals surface area contributed by atoms with Gasteiger partial charge in [0.2, 0.25) is 11.7 Å². The van der Waals surface area contributed by atoms with E-state index in [-0.39, 0.29) is 29.7 Å². The van der Waals surface area contributed by atoms with Gasteiger partial charge in [-0.05, 0) is 75.5 Å². The third kappa shape index (κ3) is 3.83. The fourth-order valence-corrected chi connectivity index (χ4v) is 6.99. The van der Waals surface area contributed by atoms with Gasteiger partial charge in [0.1, 0.15) is 28.9 Å². The number of nitrogens with one attached hydrogen (secondary N) is 1. The van der Waals surface area contributed by atoms with Crippen LogP contribution < -0.4 is 11.1 Å². The smallest absolute Gasteiger partial charge is 0.230 e. The highest BCUT2D eigenvalue weighted by molar-refractivity contribution is 6.25. The Labute approximate surface area is 230 Å². The SMILES string of the molecule is CN(C)[C@H]1C(O)C(C(N)=O)C(=O)[C@]2(O)C(=O)C3=C(O)c4c(O)ccc(-c5ccc(CNC6CC6)o5)c4C[C@@H]3C[C@H]12. The number of hydrogen-bond donors (Lipinski definition) is 6. The molecule has 7 N–H and O–H groups in total. The molecular weight excluding hydrogens is 518 g/mol. The van der Waals surface area contributed by atoms with Crippen molar-refractivity contribution in [3.8, 4) is 17.1 Å². The highest BCUT2D eigenvalue weighted by Crippen LogP contribution is 2.53. The summed E-state index contributed by atoms with van der Waals surface area (Å²) in [5.74, 6) is -6.37. The number of carbonyl (C=O) groups is 3. The zero-order chi connectivity index (χ0) is 28.7. The van der Waals surface area contributed by atoms with E-state index in [1.807, 2.05) is 12.1 Å². The van der Waals surface area contributed by atoms with Crippen molar-refractivity contribution in [3.05, 3.63) is 46.7 Å². The van der Waals surface area contributed by atoms with Gasteiger partial charge in [-0.2, -0.15) is 0 Å². The van der Waals surface area contributed by atoms with Crippen LogP contribution in [0.2, 0.25) is 0 Å². The van der Waals surface area contributed by atoms with Gasteiger partial charge in [0.25, 0.3) is 0 Å². The first kappa shape index (κ1) is 26.7. The van der Waals surface area contributed by atoms with Gasteiger partial charge >= 0.3 is 0 Å².